The van der Waals surface area contributed by atoms with E-state index in [-0.39, 0.29) is 17.9 Å². The van der Waals surface area contributed by atoms with Crippen LogP contribution in [0.2, 0.25) is 0 Å². The fourth-order valence-electron chi connectivity index (χ4n) is 2.13. The molecule has 0 heterocycles. The molecule has 0 bridgehead atoms. The molecule has 2 unspecified atom stereocenters. The Morgan fingerprint density at radius 1 is 1.10 bits per heavy atom. The number of nitrogens with zero attached hydrogens (tertiary/aromatic N) is 1. The van der Waals surface area contributed by atoms with Crippen LogP contribution >= 0.6 is 0 Å². The van der Waals surface area contributed by atoms with E-state index in [2.05, 4.69) is 11.8 Å². The predicted molar refractivity (Wildman–Crippen MR) is 78.1 cm³/mol. The molecule has 2 atom stereocenters. The summed E-state index contributed by atoms with van der Waals surface area (Å²) < 4.78 is 23.2. The number of rotatable bonds is 9. The Kier molecular flexibility index (Phi) is 7.69. The molecule has 0 saturated carbocycles. The van der Waals surface area contributed by atoms with Crippen molar-refractivity contribution in [3.63, 3.8) is 0 Å². The highest BCUT2D eigenvalue weighted by atomic mass is 19.1. The van der Waals surface area contributed by atoms with Crippen LogP contribution in [-0.2, 0) is 9.47 Å². The number of halogens is 1. The summed E-state index contributed by atoms with van der Waals surface area (Å²) in [6.07, 6.45) is 0. The normalized spacial score (nSPS) is 14.5. The van der Waals surface area contributed by atoms with Crippen LogP contribution in [0.5, 0.6) is 0 Å². The predicted octanol–water partition coefficient (Wildman–Crippen LogP) is 1.81. The van der Waals surface area contributed by atoms with Crippen molar-refractivity contribution in [2.75, 3.05) is 40.5 Å². The van der Waals surface area contributed by atoms with Crippen LogP contribution in [0.15, 0.2) is 24.3 Å². The lowest BCUT2D eigenvalue weighted by molar-refractivity contribution is 0.0841. The van der Waals surface area contributed by atoms with Gasteiger partial charge in [0, 0.05) is 39.4 Å². The van der Waals surface area contributed by atoms with Crippen molar-refractivity contribution in [3.05, 3.63) is 35.6 Å². The number of nitrogens with two attached hydrogens (primary N) is 1. The Labute approximate surface area is 120 Å². The largest absolute Gasteiger partial charge is 0.383 e. The molecule has 4 nitrogen and oxygen atoms in total. The first-order valence-electron chi connectivity index (χ1n) is 6.83. The minimum atomic E-state index is -0.246. The summed E-state index contributed by atoms with van der Waals surface area (Å²) in [6, 6.07) is 6.30. The molecule has 0 spiro atoms. The molecule has 0 radical (unpaired) electrons. The van der Waals surface area contributed by atoms with Crippen molar-refractivity contribution < 1.29 is 13.9 Å². The zero-order valence-electron chi connectivity index (χ0n) is 12.5. The molecule has 1 aromatic carbocycles. The third kappa shape index (κ3) is 5.17. The highest BCUT2D eigenvalue weighted by Crippen LogP contribution is 2.19. The number of methoxy groups -OCH3 is 2. The molecule has 0 aliphatic heterocycles. The lowest BCUT2D eigenvalue weighted by Gasteiger charge is -2.33. The summed E-state index contributed by atoms with van der Waals surface area (Å²) in [6.45, 7) is 4.93. The minimum Gasteiger partial charge on any atom is -0.383 e. The average molecular weight is 284 g/mol. The maximum Gasteiger partial charge on any atom is 0.123 e. The number of ether oxygens (including phenoxy) is 2. The lowest BCUT2D eigenvalue weighted by atomic mass is 10.00. The van der Waals surface area contributed by atoms with E-state index in [0.29, 0.717) is 13.2 Å². The molecule has 1 rings (SSSR count). The first kappa shape index (κ1) is 17.0. The Bertz CT molecular complexity index is 365. The van der Waals surface area contributed by atoms with Crippen molar-refractivity contribution >= 4 is 0 Å². The minimum absolute atomic E-state index is 0.116. The Morgan fingerprint density at radius 2 is 1.60 bits per heavy atom. The van der Waals surface area contributed by atoms with Crippen molar-refractivity contribution in [1.29, 1.82) is 0 Å². The van der Waals surface area contributed by atoms with Crippen LogP contribution in [0.1, 0.15) is 18.5 Å². The van der Waals surface area contributed by atoms with Gasteiger partial charge in [0.2, 0.25) is 0 Å². The summed E-state index contributed by atoms with van der Waals surface area (Å²) in [7, 11) is 3.36. The molecule has 0 amide bonds. The van der Waals surface area contributed by atoms with Crippen LogP contribution < -0.4 is 5.73 Å². The zero-order valence-corrected chi connectivity index (χ0v) is 12.5. The van der Waals surface area contributed by atoms with Crippen LogP contribution in [0.3, 0.4) is 0 Å². The second-order valence-electron chi connectivity index (χ2n) is 4.84. The molecule has 0 aliphatic rings. The molecule has 0 aromatic heterocycles. The molecular formula is C15H25FN2O2. The molecular weight excluding hydrogens is 259 g/mol. The van der Waals surface area contributed by atoms with Gasteiger partial charge in [-0.1, -0.05) is 12.1 Å². The standard InChI is InChI=1S/C15H25FN2O2/c1-12(18(8-10-19-2)9-11-20-3)15(17)13-4-6-14(16)7-5-13/h4-7,12,15H,8-11,17H2,1-3H3. The monoisotopic (exact) mass is 284 g/mol. The van der Waals surface area contributed by atoms with E-state index in [1.165, 1.54) is 12.1 Å². The Hall–Kier alpha value is -1.01. The van der Waals surface area contributed by atoms with Crippen molar-refractivity contribution in [2.45, 2.75) is 19.0 Å². The third-order valence-electron chi connectivity index (χ3n) is 3.52. The van der Waals surface area contributed by atoms with Gasteiger partial charge in [-0.15, -0.1) is 0 Å². The van der Waals surface area contributed by atoms with E-state index in [0.717, 1.165) is 18.7 Å². The quantitative estimate of drug-likeness (QED) is 0.751. The van der Waals surface area contributed by atoms with E-state index < -0.39 is 0 Å². The van der Waals surface area contributed by atoms with Crippen LogP contribution in [0.25, 0.3) is 0 Å². The van der Waals surface area contributed by atoms with Crippen molar-refractivity contribution in [2.24, 2.45) is 5.73 Å². The zero-order chi connectivity index (χ0) is 15.0. The van der Waals surface area contributed by atoms with E-state index in [1.807, 2.05) is 0 Å². The van der Waals surface area contributed by atoms with Gasteiger partial charge in [0.05, 0.1) is 13.2 Å². The third-order valence-corrected chi connectivity index (χ3v) is 3.52. The summed E-state index contributed by atoms with van der Waals surface area (Å²) in [5, 5.41) is 0. The Balaban J connectivity index is 2.70. The fraction of sp³-hybridized carbons (Fsp3) is 0.600. The smallest absolute Gasteiger partial charge is 0.123 e. The van der Waals surface area contributed by atoms with Crippen molar-refractivity contribution in [3.8, 4) is 0 Å². The van der Waals surface area contributed by atoms with E-state index in [9.17, 15) is 4.39 Å². The molecule has 20 heavy (non-hydrogen) atoms. The van der Waals surface area contributed by atoms with Gasteiger partial charge in [-0.2, -0.15) is 0 Å². The highest BCUT2D eigenvalue weighted by Gasteiger charge is 2.21. The van der Waals surface area contributed by atoms with Crippen LogP contribution in [-0.4, -0.2) is 51.5 Å². The molecule has 0 aliphatic carbocycles. The van der Waals surface area contributed by atoms with E-state index in [4.69, 9.17) is 15.2 Å². The van der Waals surface area contributed by atoms with E-state index >= 15 is 0 Å². The SMILES string of the molecule is COCCN(CCOC)C(C)C(N)c1ccc(F)cc1. The van der Waals surface area contributed by atoms with Gasteiger partial charge < -0.3 is 15.2 Å². The average Bonchev–Trinajstić information content (AvgIpc) is 2.47. The van der Waals surface area contributed by atoms with Gasteiger partial charge in [-0.05, 0) is 24.6 Å². The maximum atomic E-state index is 13.0. The van der Waals surface area contributed by atoms with Gasteiger partial charge in [-0.25, -0.2) is 4.39 Å². The Morgan fingerprint density at radius 3 is 2.05 bits per heavy atom. The number of benzene rings is 1. The highest BCUT2D eigenvalue weighted by molar-refractivity contribution is 5.20. The van der Waals surface area contributed by atoms with Gasteiger partial charge in [0.15, 0.2) is 0 Å². The molecule has 0 fully saturated rings. The van der Waals surface area contributed by atoms with Gasteiger partial charge in [-0.3, -0.25) is 4.90 Å². The summed E-state index contributed by atoms with van der Waals surface area (Å²) >= 11 is 0. The molecule has 0 saturated heterocycles. The second kappa shape index (κ2) is 9.02. The van der Waals surface area contributed by atoms with E-state index in [1.54, 1.807) is 26.4 Å². The number of hydrogen-bond acceptors (Lipinski definition) is 4. The van der Waals surface area contributed by atoms with Crippen molar-refractivity contribution in [1.82, 2.24) is 4.90 Å². The number of hydrogen-bond donors (Lipinski definition) is 1. The second-order valence-corrected chi connectivity index (χ2v) is 4.84. The maximum absolute atomic E-state index is 13.0. The lowest BCUT2D eigenvalue weighted by Crippen LogP contribution is -2.44. The molecule has 1 aromatic rings. The summed E-state index contributed by atoms with van der Waals surface area (Å²) in [4.78, 5) is 2.22. The molecule has 5 heteroatoms. The molecule has 2 N–H and O–H groups in total. The summed E-state index contributed by atoms with van der Waals surface area (Å²) in [5.74, 6) is -0.246. The summed E-state index contributed by atoms with van der Waals surface area (Å²) in [5.41, 5.74) is 7.22. The van der Waals surface area contributed by atoms with Gasteiger partial charge in [0.25, 0.3) is 0 Å². The first-order valence-corrected chi connectivity index (χ1v) is 6.83. The molecule has 114 valence electrons. The van der Waals surface area contributed by atoms with Crippen LogP contribution in [0, 0.1) is 5.82 Å². The van der Waals surface area contributed by atoms with Gasteiger partial charge in [0.1, 0.15) is 5.82 Å². The topological polar surface area (TPSA) is 47.7 Å². The van der Waals surface area contributed by atoms with Crippen LogP contribution in [0.4, 0.5) is 4.39 Å². The first-order chi connectivity index (χ1) is 9.60. The van der Waals surface area contributed by atoms with Gasteiger partial charge >= 0.3 is 0 Å². The fourth-order valence-corrected chi connectivity index (χ4v) is 2.13.